The van der Waals surface area contributed by atoms with E-state index >= 15 is 0 Å². The fourth-order valence-corrected chi connectivity index (χ4v) is 2.57. The van der Waals surface area contributed by atoms with Crippen LogP contribution in [0.4, 0.5) is 0 Å². The summed E-state index contributed by atoms with van der Waals surface area (Å²) in [7, 11) is 0. The maximum absolute atomic E-state index is 5.63. The smallest absolute Gasteiger partial charge is 0.191 e. The van der Waals surface area contributed by atoms with E-state index in [1.54, 1.807) is 0 Å². The van der Waals surface area contributed by atoms with Gasteiger partial charge in [0.15, 0.2) is 5.96 Å². The summed E-state index contributed by atoms with van der Waals surface area (Å²) in [5, 5.41) is 6.67. The van der Waals surface area contributed by atoms with Gasteiger partial charge in [0.05, 0.1) is 6.61 Å². The van der Waals surface area contributed by atoms with Crippen LogP contribution in [-0.4, -0.2) is 63.3 Å². The van der Waals surface area contributed by atoms with E-state index in [0.717, 1.165) is 51.8 Å². The van der Waals surface area contributed by atoms with Crippen molar-refractivity contribution >= 4 is 5.96 Å². The molecule has 0 bridgehead atoms. The molecule has 1 saturated heterocycles. The lowest BCUT2D eigenvalue weighted by Crippen LogP contribution is -2.39. The van der Waals surface area contributed by atoms with Gasteiger partial charge in [0, 0.05) is 32.8 Å². The second-order valence-corrected chi connectivity index (χ2v) is 6.49. The fourth-order valence-electron chi connectivity index (χ4n) is 2.57. The number of rotatable bonds is 10. The van der Waals surface area contributed by atoms with Crippen LogP contribution in [0.5, 0.6) is 0 Å². The zero-order chi connectivity index (χ0) is 16.2. The first-order chi connectivity index (χ1) is 10.7. The van der Waals surface area contributed by atoms with E-state index in [-0.39, 0.29) is 0 Å². The molecule has 5 nitrogen and oxygen atoms in total. The quantitative estimate of drug-likeness (QED) is 0.368. The molecule has 0 amide bonds. The van der Waals surface area contributed by atoms with Crippen LogP contribution in [0.3, 0.4) is 0 Å². The molecule has 0 aromatic rings. The van der Waals surface area contributed by atoms with Crippen LogP contribution in [-0.2, 0) is 4.74 Å². The fraction of sp³-hybridized carbons (Fsp3) is 0.941. The molecule has 1 rings (SSSR count). The third-order valence-corrected chi connectivity index (χ3v) is 4.05. The Balaban J connectivity index is 2.19. The molecule has 5 heteroatoms. The molecule has 0 saturated carbocycles. The summed E-state index contributed by atoms with van der Waals surface area (Å²) in [5.41, 5.74) is 0. The van der Waals surface area contributed by atoms with Gasteiger partial charge in [-0.05, 0) is 44.7 Å². The van der Waals surface area contributed by atoms with Gasteiger partial charge in [-0.2, -0.15) is 0 Å². The van der Waals surface area contributed by atoms with Crippen LogP contribution in [0.15, 0.2) is 4.99 Å². The number of hydrogen-bond acceptors (Lipinski definition) is 3. The summed E-state index contributed by atoms with van der Waals surface area (Å²) in [4.78, 5) is 7.23. The Labute approximate surface area is 136 Å². The van der Waals surface area contributed by atoms with Crippen LogP contribution in [0.2, 0.25) is 0 Å². The normalized spacial score (nSPS) is 19.9. The largest absolute Gasteiger partial charge is 0.380 e. The summed E-state index contributed by atoms with van der Waals surface area (Å²) in [6.07, 6.45) is 2.40. The molecule has 0 aromatic carbocycles. The minimum absolute atomic E-state index is 0.706. The van der Waals surface area contributed by atoms with Gasteiger partial charge < -0.3 is 20.3 Å². The molecule has 1 aliphatic heterocycles. The molecule has 0 spiro atoms. The Hall–Kier alpha value is -0.810. The highest BCUT2D eigenvalue weighted by Gasteiger charge is 2.20. The maximum Gasteiger partial charge on any atom is 0.191 e. The number of ether oxygens (including phenoxy) is 1. The lowest BCUT2D eigenvalue weighted by atomic mass is 10.1. The molecule has 1 aliphatic rings. The highest BCUT2D eigenvalue weighted by Crippen LogP contribution is 2.15. The van der Waals surface area contributed by atoms with E-state index in [1.165, 1.54) is 19.5 Å². The van der Waals surface area contributed by atoms with Crippen LogP contribution < -0.4 is 10.6 Å². The molecule has 1 unspecified atom stereocenters. The van der Waals surface area contributed by atoms with Crippen molar-refractivity contribution in [2.24, 2.45) is 16.8 Å². The van der Waals surface area contributed by atoms with E-state index in [2.05, 4.69) is 43.2 Å². The second kappa shape index (κ2) is 11.7. The highest BCUT2D eigenvalue weighted by molar-refractivity contribution is 5.79. The molecule has 1 heterocycles. The van der Waals surface area contributed by atoms with Gasteiger partial charge in [-0.3, -0.25) is 4.99 Å². The van der Waals surface area contributed by atoms with Gasteiger partial charge >= 0.3 is 0 Å². The molecule has 0 aliphatic carbocycles. The molecular weight excluding hydrogens is 276 g/mol. The third kappa shape index (κ3) is 8.59. The third-order valence-electron chi connectivity index (χ3n) is 4.05. The van der Waals surface area contributed by atoms with Crippen molar-refractivity contribution in [3.63, 3.8) is 0 Å². The molecule has 1 atom stereocenters. The Morgan fingerprint density at radius 3 is 2.73 bits per heavy atom. The van der Waals surface area contributed by atoms with Gasteiger partial charge in [0.1, 0.15) is 0 Å². The molecule has 130 valence electrons. The van der Waals surface area contributed by atoms with Crippen molar-refractivity contribution in [3.8, 4) is 0 Å². The first kappa shape index (κ1) is 19.2. The van der Waals surface area contributed by atoms with Crippen molar-refractivity contribution in [3.05, 3.63) is 0 Å². The van der Waals surface area contributed by atoms with Crippen LogP contribution in [0, 0.1) is 11.8 Å². The Morgan fingerprint density at radius 1 is 1.27 bits per heavy atom. The molecular formula is C17H36N4O. The SMILES string of the molecule is CCNC(=NCC1CCN(CC)C1)NCCOCCC(C)C. The summed E-state index contributed by atoms with van der Waals surface area (Å²) in [6.45, 7) is 16.6. The zero-order valence-electron chi connectivity index (χ0n) is 15.0. The first-order valence-corrected chi connectivity index (χ1v) is 8.97. The number of likely N-dealkylation sites (tertiary alicyclic amines) is 1. The Bertz CT molecular complexity index is 307. The molecule has 22 heavy (non-hydrogen) atoms. The number of guanidine groups is 1. The van der Waals surface area contributed by atoms with E-state index in [0.29, 0.717) is 11.8 Å². The number of nitrogens with one attached hydrogen (secondary N) is 2. The standard InChI is InChI=1S/C17H36N4O/c1-5-18-17(19-9-12-22-11-8-15(3)4)20-13-16-7-10-21(6-2)14-16/h15-16H,5-14H2,1-4H3,(H2,18,19,20). The average Bonchev–Trinajstić information content (AvgIpc) is 2.96. The topological polar surface area (TPSA) is 48.9 Å². The van der Waals surface area contributed by atoms with Crippen LogP contribution in [0.1, 0.15) is 40.5 Å². The van der Waals surface area contributed by atoms with Crippen molar-refractivity contribution in [2.75, 3.05) is 52.5 Å². The predicted octanol–water partition coefficient (Wildman–Crippen LogP) is 1.95. The predicted molar refractivity (Wildman–Crippen MR) is 94.5 cm³/mol. The molecule has 2 N–H and O–H groups in total. The van der Waals surface area contributed by atoms with Gasteiger partial charge in [-0.15, -0.1) is 0 Å². The van der Waals surface area contributed by atoms with Gasteiger partial charge in [-0.1, -0.05) is 20.8 Å². The van der Waals surface area contributed by atoms with Gasteiger partial charge in [-0.25, -0.2) is 0 Å². The minimum atomic E-state index is 0.706. The summed E-state index contributed by atoms with van der Waals surface area (Å²) in [6, 6.07) is 0. The van der Waals surface area contributed by atoms with Crippen molar-refractivity contribution in [2.45, 2.75) is 40.5 Å². The first-order valence-electron chi connectivity index (χ1n) is 8.97. The summed E-state index contributed by atoms with van der Waals surface area (Å²) < 4.78 is 5.63. The lowest BCUT2D eigenvalue weighted by Gasteiger charge is -2.14. The number of aliphatic imine (C=N–C) groups is 1. The van der Waals surface area contributed by atoms with E-state index in [9.17, 15) is 0 Å². The summed E-state index contributed by atoms with van der Waals surface area (Å²) >= 11 is 0. The van der Waals surface area contributed by atoms with Crippen LogP contribution in [0.25, 0.3) is 0 Å². The van der Waals surface area contributed by atoms with E-state index < -0.39 is 0 Å². The second-order valence-electron chi connectivity index (χ2n) is 6.49. The zero-order valence-corrected chi connectivity index (χ0v) is 15.0. The Morgan fingerprint density at radius 2 is 2.09 bits per heavy atom. The molecule has 1 fully saturated rings. The van der Waals surface area contributed by atoms with E-state index in [4.69, 9.17) is 9.73 Å². The lowest BCUT2D eigenvalue weighted by molar-refractivity contribution is 0.128. The maximum atomic E-state index is 5.63. The number of hydrogen-bond donors (Lipinski definition) is 2. The average molecular weight is 313 g/mol. The highest BCUT2D eigenvalue weighted by atomic mass is 16.5. The van der Waals surface area contributed by atoms with Crippen molar-refractivity contribution in [1.82, 2.24) is 15.5 Å². The van der Waals surface area contributed by atoms with Gasteiger partial charge in [0.2, 0.25) is 0 Å². The van der Waals surface area contributed by atoms with Crippen molar-refractivity contribution in [1.29, 1.82) is 0 Å². The molecule has 0 aromatic heterocycles. The minimum Gasteiger partial charge on any atom is -0.380 e. The van der Waals surface area contributed by atoms with Crippen molar-refractivity contribution < 1.29 is 4.74 Å². The van der Waals surface area contributed by atoms with Crippen LogP contribution >= 0.6 is 0 Å². The molecule has 0 radical (unpaired) electrons. The number of nitrogens with zero attached hydrogens (tertiary/aromatic N) is 2. The Kier molecular flexibility index (Phi) is 10.2. The van der Waals surface area contributed by atoms with Gasteiger partial charge in [0.25, 0.3) is 0 Å². The monoisotopic (exact) mass is 312 g/mol. The summed E-state index contributed by atoms with van der Waals surface area (Å²) in [5.74, 6) is 2.34. The van der Waals surface area contributed by atoms with E-state index in [1.807, 2.05) is 0 Å².